The summed E-state index contributed by atoms with van der Waals surface area (Å²) in [6, 6.07) is 0. The number of ether oxygens (including phenoxy) is 2. The molecule has 0 amide bonds. The summed E-state index contributed by atoms with van der Waals surface area (Å²) >= 11 is 0. The van der Waals surface area contributed by atoms with Gasteiger partial charge >= 0.3 is 13.8 Å². The largest absolute Gasteiger partial charge is 0.498 e. The molecule has 8 heteroatoms. The number of hydrogen-bond acceptors (Lipinski definition) is 5. The quantitative estimate of drug-likeness (QED) is 0.0234. The van der Waals surface area contributed by atoms with Crippen molar-refractivity contribution in [1.82, 2.24) is 0 Å². The van der Waals surface area contributed by atoms with Gasteiger partial charge in [-0.1, -0.05) is 145 Å². The van der Waals surface area contributed by atoms with E-state index in [9.17, 15) is 9.36 Å². The number of esters is 1. The lowest BCUT2D eigenvalue weighted by atomic mass is 10.0. The standard InChI is InChI=1S/C39H67O7P/c1-3-5-7-9-11-13-15-17-19-20-21-22-24-26-28-30-32-34-39(40)46-38(37-45-47(41,42)43)36-44-35-33-31-29-27-25-23-18-16-14-12-10-8-6-4-2/h5,7,11,13,17,19,21-22,26,28,33,35,38H,3-4,6,8-10,12,14-16,18,20,23-25,27,29-32,34,36-37H2,1-2H3,(H2,41,42,43)/b7-5-,13-11-,19-17-,22-21-,28-26-,35-33-/t38-/m1/s1. The number of phosphoric acid groups is 1. The van der Waals surface area contributed by atoms with Crippen molar-refractivity contribution in [3.05, 3.63) is 73.1 Å². The molecule has 0 aliphatic heterocycles. The fourth-order valence-corrected chi connectivity index (χ4v) is 5.04. The molecule has 0 radical (unpaired) electrons. The van der Waals surface area contributed by atoms with Gasteiger partial charge in [-0.25, -0.2) is 4.57 Å². The summed E-state index contributed by atoms with van der Waals surface area (Å²) in [5.41, 5.74) is 0. The van der Waals surface area contributed by atoms with E-state index < -0.39 is 26.5 Å². The Kier molecular flexibility index (Phi) is 33.5. The Morgan fingerprint density at radius 2 is 1.06 bits per heavy atom. The van der Waals surface area contributed by atoms with Crippen LogP contribution >= 0.6 is 7.82 Å². The van der Waals surface area contributed by atoms with Crippen molar-refractivity contribution >= 4 is 13.8 Å². The lowest BCUT2D eigenvalue weighted by Crippen LogP contribution is -2.27. The van der Waals surface area contributed by atoms with Crippen LogP contribution in [-0.2, 0) is 23.4 Å². The molecule has 7 nitrogen and oxygen atoms in total. The minimum atomic E-state index is -4.68. The topological polar surface area (TPSA) is 102 Å². The molecule has 0 aliphatic carbocycles. The third-order valence-corrected chi connectivity index (χ3v) is 7.82. The average molecular weight is 679 g/mol. The van der Waals surface area contributed by atoms with Gasteiger partial charge in [0, 0.05) is 6.42 Å². The second-order valence-electron chi connectivity index (χ2n) is 11.9. The Morgan fingerprint density at radius 1 is 0.596 bits per heavy atom. The normalized spacial score (nSPS) is 13.4. The first-order valence-electron chi connectivity index (χ1n) is 18.3. The molecule has 2 N–H and O–H groups in total. The lowest BCUT2D eigenvalue weighted by molar-refractivity contribution is -0.153. The molecule has 0 heterocycles. The molecule has 0 unspecified atom stereocenters. The molecule has 0 aliphatic rings. The van der Waals surface area contributed by atoms with Crippen molar-refractivity contribution in [2.45, 2.75) is 155 Å². The van der Waals surface area contributed by atoms with Crippen LogP contribution in [-0.4, -0.2) is 35.1 Å². The number of rotatable bonds is 33. The zero-order valence-corrected chi connectivity index (χ0v) is 30.5. The van der Waals surface area contributed by atoms with Crippen molar-refractivity contribution in [1.29, 1.82) is 0 Å². The zero-order chi connectivity index (χ0) is 34.5. The van der Waals surface area contributed by atoms with Gasteiger partial charge in [0.1, 0.15) is 6.61 Å². The highest BCUT2D eigenvalue weighted by Gasteiger charge is 2.21. The molecular weight excluding hydrogens is 611 g/mol. The average Bonchev–Trinajstić information content (AvgIpc) is 3.04. The monoisotopic (exact) mass is 678 g/mol. The molecule has 0 bridgehead atoms. The van der Waals surface area contributed by atoms with E-state index in [1.165, 1.54) is 70.6 Å². The predicted octanol–water partition coefficient (Wildman–Crippen LogP) is 11.6. The summed E-state index contributed by atoms with van der Waals surface area (Å²) in [4.78, 5) is 30.4. The third-order valence-electron chi connectivity index (χ3n) is 7.34. The maximum absolute atomic E-state index is 12.3. The van der Waals surface area contributed by atoms with E-state index in [2.05, 4.69) is 73.1 Å². The highest BCUT2D eigenvalue weighted by molar-refractivity contribution is 7.46. The second kappa shape index (κ2) is 35.1. The number of phosphoric ester groups is 1. The minimum Gasteiger partial charge on any atom is -0.498 e. The van der Waals surface area contributed by atoms with Crippen LogP contribution in [0.3, 0.4) is 0 Å². The number of carbonyl (C=O) groups excluding carboxylic acids is 1. The molecule has 1 atom stereocenters. The molecule has 47 heavy (non-hydrogen) atoms. The molecule has 0 rings (SSSR count). The first-order valence-corrected chi connectivity index (χ1v) is 19.8. The van der Waals surface area contributed by atoms with Crippen LogP contribution in [0.4, 0.5) is 0 Å². The molecule has 0 fully saturated rings. The van der Waals surface area contributed by atoms with Gasteiger partial charge in [0.2, 0.25) is 0 Å². The molecule has 270 valence electrons. The van der Waals surface area contributed by atoms with Gasteiger partial charge in [-0.15, -0.1) is 0 Å². The highest BCUT2D eigenvalue weighted by atomic mass is 31.2. The van der Waals surface area contributed by atoms with E-state index in [0.717, 1.165) is 51.4 Å². The number of allylic oxidation sites excluding steroid dienone is 11. The number of unbranched alkanes of at least 4 members (excludes halogenated alkanes) is 13. The number of carbonyl (C=O) groups is 1. The Balaban J connectivity index is 4.04. The van der Waals surface area contributed by atoms with Gasteiger partial charge in [-0.05, 0) is 63.9 Å². The van der Waals surface area contributed by atoms with Crippen molar-refractivity contribution in [3.8, 4) is 0 Å². The maximum atomic E-state index is 12.3. The summed E-state index contributed by atoms with van der Waals surface area (Å²) in [6.07, 6.45) is 47.0. The van der Waals surface area contributed by atoms with Crippen molar-refractivity contribution in [2.24, 2.45) is 0 Å². The van der Waals surface area contributed by atoms with Gasteiger partial charge < -0.3 is 19.3 Å². The minimum absolute atomic E-state index is 0.0323. The fraction of sp³-hybridized carbons (Fsp3) is 0.667. The van der Waals surface area contributed by atoms with E-state index in [-0.39, 0.29) is 13.0 Å². The summed E-state index contributed by atoms with van der Waals surface area (Å²) in [6.45, 7) is 3.93. The molecule has 0 aromatic rings. The Bertz CT molecular complexity index is 930. The van der Waals surface area contributed by atoms with Crippen LogP contribution in [0.25, 0.3) is 0 Å². The summed E-state index contributed by atoms with van der Waals surface area (Å²) in [5, 5.41) is 0. The zero-order valence-electron chi connectivity index (χ0n) is 29.7. The SMILES string of the molecule is CC/C=C\C/C=C\C/C=C\C/C=C\C/C=C\CCCC(=O)O[C@H](CO/C=C\CCCCCCCCCCCCCC)COP(=O)(O)O. The van der Waals surface area contributed by atoms with E-state index in [1.807, 2.05) is 12.2 Å². The fourth-order valence-electron chi connectivity index (χ4n) is 4.68. The van der Waals surface area contributed by atoms with E-state index in [4.69, 9.17) is 19.3 Å². The van der Waals surface area contributed by atoms with E-state index in [0.29, 0.717) is 6.42 Å². The lowest BCUT2D eigenvalue weighted by Gasteiger charge is -2.17. The summed E-state index contributed by atoms with van der Waals surface area (Å²) in [5.74, 6) is -0.444. The van der Waals surface area contributed by atoms with E-state index >= 15 is 0 Å². The van der Waals surface area contributed by atoms with Gasteiger partial charge in [0.25, 0.3) is 0 Å². The molecule has 0 saturated carbocycles. The van der Waals surface area contributed by atoms with Gasteiger partial charge in [-0.2, -0.15) is 0 Å². The molecule has 0 spiro atoms. The molecule has 0 aromatic heterocycles. The predicted molar refractivity (Wildman–Crippen MR) is 197 cm³/mol. The van der Waals surface area contributed by atoms with Crippen LogP contribution in [0.2, 0.25) is 0 Å². The van der Waals surface area contributed by atoms with Crippen LogP contribution < -0.4 is 0 Å². The number of hydrogen-bond donors (Lipinski definition) is 2. The van der Waals surface area contributed by atoms with Gasteiger partial charge in [0.15, 0.2) is 6.10 Å². The van der Waals surface area contributed by atoms with Crippen LogP contribution in [0.5, 0.6) is 0 Å². The third kappa shape index (κ3) is 38.2. The van der Waals surface area contributed by atoms with Crippen molar-refractivity contribution in [3.63, 3.8) is 0 Å². The van der Waals surface area contributed by atoms with Gasteiger partial charge in [-0.3, -0.25) is 9.32 Å². The highest BCUT2D eigenvalue weighted by Crippen LogP contribution is 2.35. The first-order chi connectivity index (χ1) is 22.9. The summed E-state index contributed by atoms with van der Waals surface area (Å²) in [7, 11) is -4.68. The Hall–Kier alpha value is -2.18. The maximum Gasteiger partial charge on any atom is 0.469 e. The summed E-state index contributed by atoms with van der Waals surface area (Å²) < 4.78 is 26.6. The molecule has 0 saturated heterocycles. The smallest absolute Gasteiger partial charge is 0.469 e. The van der Waals surface area contributed by atoms with Crippen LogP contribution in [0, 0.1) is 0 Å². The van der Waals surface area contributed by atoms with Gasteiger partial charge in [0.05, 0.1) is 12.9 Å². The molecular formula is C39H67O7P. The second-order valence-corrected chi connectivity index (χ2v) is 13.1. The Labute approximate surface area is 287 Å². The first kappa shape index (κ1) is 44.8. The van der Waals surface area contributed by atoms with E-state index in [1.54, 1.807) is 6.26 Å². The Morgan fingerprint density at radius 3 is 1.57 bits per heavy atom. The van der Waals surface area contributed by atoms with Crippen LogP contribution in [0.15, 0.2) is 73.1 Å². The molecule has 0 aromatic carbocycles. The van der Waals surface area contributed by atoms with Crippen LogP contribution in [0.1, 0.15) is 149 Å². The van der Waals surface area contributed by atoms with Crippen molar-refractivity contribution in [2.75, 3.05) is 13.2 Å². The van der Waals surface area contributed by atoms with Crippen molar-refractivity contribution < 1.29 is 33.1 Å².